The highest BCUT2D eigenvalue weighted by Crippen LogP contribution is 2.45. The van der Waals surface area contributed by atoms with Crippen molar-refractivity contribution < 1.29 is 9.59 Å². The Bertz CT molecular complexity index is 1280. The Morgan fingerprint density at radius 1 is 1.14 bits per heavy atom. The predicted molar refractivity (Wildman–Crippen MR) is 149 cm³/mol. The lowest BCUT2D eigenvalue weighted by Crippen LogP contribution is -2.39. The van der Waals surface area contributed by atoms with Crippen molar-refractivity contribution in [3.8, 4) is 0 Å². The van der Waals surface area contributed by atoms with Crippen LogP contribution >= 0.6 is 23.4 Å². The summed E-state index contributed by atoms with van der Waals surface area (Å²) in [5, 5.41) is 9.45. The van der Waals surface area contributed by atoms with Crippen molar-refractivity contribution in [2.75, 3.05) is 5.32 Å². The van der Waals surface area contributed by atoms with Crippen LogP contribution in [0.3, 0.4) is 0 Å². The first-order valence-electron chi connectivity index (χ1n) is 12.1. The number of thioether (sulfide) groups is 1. The van der Waals surface area contributed by atoms with Gasteiger partial charge in [0, 0.05) is 22.4 Å². The zero-order valence-corrected chi connectivity index (χ0v) is 22.8. The molecule has 0 saturated carbocycles. The minimum Gasteiger partial charge on any atom is -0.353 e. The number of nitrogens with one attached hydrogen (secondary N) is 2. The highest BCUT2D eigenvalue weighted by atomic mass is 35.5. The van der Waals surface area contributed by atoms with Crippen LogP contribution in [0.4, 0.5) is 5.69 Å². The van der Waals surface area contributed by atoms with Crippen LogP contribution in [0.5, 0.6) is 0 Å². The van der Waals surface area contributed by atoms with Gasteiger partial charge < -0.3 is 15.5 Å². The number of anilines is 1. The molecule has 2 aliphatic heterocycles. The van der Waals surface area contributed by atoms with Crippen LogP contribution in [-0.2, 0) is 9.59 Å². The highest BCUT2D eigenvalue weighted by Gasteiger charge is 2.40. The lowest BCUT2D eigenvalue weighted by Gasteiger charge is -2.36. The molecule has 36 heavy (non-hydrogen) atoms. The summed E-state index contributed by atoms with van der Waals surface area (Å²) < 4.78 is 0. The van der Waals surface area contributed by atoms with Gasteiger partial charge in [0.1, 0.15) is 0 Å². The summed E-state index contributed by atoms with van der Waals surface area (Å²) in [5.74, 6) is -0.276. The average Bonchev–Trinajstić information content (AvgIpc) is 3.22. The summed E-state index contributed by atoms with van der Waals surface area (Å²) in [6.07, 6.45) is 1.06. The number of amidine groups is 1. The van der Waals surface area contributed by atoms with Crippen LogP contribution in [0.25, 0.3) is 0 Å². The third-order valence-electron chi connectivity index (χ3n) is 6.42. The van der Waals surface area contributed by atoms with E-state index in [2.05, 4.69) is 10.6 Å². The Kier molecular flexibility index (Phi) is 7.91. The fourth-order valence-corrected chi connectivity index (χ4v) is 5.45. The normalized spacial score (nSPS) is 17.8. The van der Waals surface area contributed by atoms with Crippen LogP contribution in [0, 0.1) is 13.8 Å². The molecule has 0 bridgehead atoms. The second-order valence-electron chi connectivity index (χ2n) is 9.27. The predicted octanol–water partition coefficient (Wildman–Crippen LogP) is 6.48. The second-order valence-corrected chi connectivity index (χ2v) is 10.5. The van der Waals surface area contributed by atoms with Crippen molar-refractivity contribution in [1.82, 2.24) is 10.2 Å². The van der Waals surface area contributed by atoms with Crippen LogP contribution in [0.15, 0.2) is 69.8 Å². The Hall–Kier alpha value is -3.03. The molecule has 0 saturated heterocycles. The number of amides is 2. The minimum atomic E-state index is -0.446. The van der Waals surface area contributed by atoms with E-state index in [1.54, 1.807) is 0 Å². The minimum absolute atomic E-state index is 0.0557. The van der Waals surface area contributed by atoms with E-state index in [-0.39, 0.29) is 24.3 Å². The number of carbonyl (C=O) groups is 2. The number of allylic oxidation sites excluding steroid dienone is 1. The molecule has 0 aliphatic carbocycles. The fraction of sp³-hybridized carbons (Fsp3) is 0.321. The Balaban J connectivity index is 1.71. The fourth-order valence-electron chi connectivity index (χ4n) is 4.36. The maximum absolute atomic E-state index is 13.8. The summed E-state index contributed by atoms with van der Waals surface area (Å²) in [6, 6.07) is 13.1. The standard InChI is InChI=1S/C28H31ClN4O2S/c1-6-18(4)30-24(34)14-22-15-36-28-31-19(5)25(26(33(22)28)20-8-10-21(29)11-9-20)27(35)32-23-12-7-16(2)13-17(23)3/h7-13,15,18,26H,6,14H2,1-5H3,(H,30,34)(H,32,35)/t18-,26+/m1/s1. The number of nitrogens with zero attached hydrogens (tertiary/aromatic N) is 2. The molecule has 2 atom stereocenters. The van der Waals surface area contributed by atoms with Gasteiger partial charge >= 0.3 is 0 Å². The summed E-state index contributed by atoms with van der Waals surface area (Å²) in [6.45, 7) is 9.89. The quantitative estimate of drug-likeness (QED) is 0.436. The van der Waals surface area contributed by atoms with E-state index in [0.29, 0.717) is 16.3 Å². The molecule has 2 heterocycles. The van der Waals surface area contributed by atoms with Gasteiger partial charge in [-0.15, -0.1) is 0 Å². The van der Waals surface area contributed by atoms with E-state index in [1.165, 1.54) is 11.8 Å². The summed E-state index contributed by atoms with van der Waals surface area (Å²) in [4.78, 5) is 33.3. The summed E-state index contributed by atoms with van der Waals surface area (Å²) in [7, 11) is 0. The van der Waals surface area contributed by atoms with Gasteiger partial charge in [-0.3, -0.25) is 9.59 Å². The zero-order chi connectivity index (χ0) is 26.0. The molecule has 0 unspecified atom stereocenters. The number of carbonyl (C=O) groups excluding carboxylic acids is 2. The number of rotatable bonds is 7. The number of hydrogen-bond acceptors (Lipinski definition) is 5. The molecule has 0 aromatic heterocycles. The molecule has 2 aromatic rings. The molecular formula is C28H31ClN4O2S. The van der Waals surface area contributed by atoms with E-state index >= 15 is 0 Å². The van der Waals surface area contributed by atoms with Gasteiger partial charge in [-0.1, -0.05) is 60.1 Å². The van der Waals surface area contributed by atoms with Crippen molar-refractivity contribution in [3.63, 3.8) is 0 Å². The topological polar surface area (TPSA) is 73.8 Å². The molecule has 2 aromatic carbocycles. The van der Waals surface area contributed by atoms with Gasteiger partial charge in [0.2, 0.25) is 5.91 Å². The first-order chi connectivity index (χ1) is 17.2. The molecule has 0 radical (unpaired) electrons. The number of fused-ring (bicyclic) bond motifs is 1. The maximum Gasteiger partial charge on any atom is 0.255 e. The van der Waals surface area contributed by atoms with E-state index < -0.39 is 6.04 Å². The summed E-state index contributed by atoms with van der Waals surface area (Å²) in [5.41, 5.74) is 5.77. The monoisotopic (exact) mass is 522 g/mol. The van der Waals surface area contributed by atoms with Gasteiger partial charge in [-0.2, -0.15) is 0 Å². The van der Waals surface area contributed by atoms with E-state index in [0.717, 1.165) is 39.7 Å². The Morgan fingerprint density at radius 2 is 1.86 bits per heavy atom. The van der Waals surface area contributed by atoms with Gasteiger partial charge in [0.05, 0.1) is 23.7 Å². The number of halogens is 1. The largest absolute Gasteiger partial charge is 0.353 e. The smallest absolute Gasteiger partial charge is 0.255 e. The van der Waals surface area contributed by atoms with Gasteiger partial charge in [-0.05, 0) is 68.8 Å². The first kappa shape index (κ1) is 26.0. The Morgan fingerprint density at radius 3 is 2.53 bits per heavy atom. The number of benzene rings is 2. The summed E-state index contributed by atoms with van der Waals surface area (Å²) >= 11 is 7.66. The van der Waals surface area contributed by atoms with Crippen LogP contribution in [-0.4, -0.2) is 27.9 Å². The second kappa shape index (κ2) is 10.9. The lowest BCUT2D eigenvalue weighted by molar-refractivity contribution is -0.121. The van der Waals surface area contributed by atoms with Crippen LogP contribution in [0.2, 0.25) is 5.02 Å². The Labute approximate surface area is 221 Å². The third kappa shape index (κ3) is 5.52. The van der Waals surface area contributed by atoms with Crippen molar-refractivity contribution >= 4 is 46.0 Å². The molecule has 0 fully saturated rings. The first-order valence-corrected chi connectivity index (χ1v) is 13.3. The van der Waals surface area contributed by atoms with Crippen LogP contribution in [0.1, 0.15) is 56.3 Å². The highest BCUT2D eigenvalue weighted by molar-refractivity contribution is 8.16. The van der Waals surface area contributed by atoms with Gasteiger partial charge in [-0.25, -0.2) is 4.99 Å². The van der Waals surface area contributed by atoms with Crippen molar-refractivity contribution in [2.24, 2.45) is 4.99 Å². The molecule has 2 aliphatic rings. The SMILES string of the molecule is CC[C@@H](C)NC(=O)CC1=CSC2=NC(C)=C(C(=O)Nc3ccc(C)cc3C)[C@H](c3ccc(Cl)cc3)N12. The van der Waals surface area contributed by atoms with E-state index in [9.17, 15) is 9.59 Å². The van der Waals surface area contributed by atoms with Gasteiger partial charge in [0.15, 0.2) is 5.17 Å². The van der Waals surface area contributed by atoms with Gasteiger partial charge in [0.25, 0.3) is 5.91 Å². The molecular weight excluding hydrogens is 492 g/mol. The molecule has 2 N–H and O–H groups in total. The lowest BCUT2D eigenvalue weighted by atomic mass is 9.93. The molecule has 4 rings (SSSR count). The number of aryl methyl sites for hydroxylation is 2. The number of hydrogen-bond donors (Lipinski definition) is 2. The average molecular weight is 523 g/mol. The molecule has 6 nitrogen and oxygen atoms in total. The molecule has 188 valence electrons. The third-order valence-corrected chi connectivity index (χ3v) is 7.56. The molecule has 8 heteroatoms. The van der Waals surface area contributed by atoms with E-state index in [1.807, 2.05) is 87.4 Å². The van der Waals surface area contributed by atoms with E-state index in [4.69, 9.17) is 16.6 Å². The van der Waals surface area contributed by atoms with Crippen molar-refractivity contribution in [2.45, 2.75) is 59.5 Å². The van der Waals surface area contributed by atoms with Crippen LogP contribution < -0.4 is 10.6 Å². The zero-order valence-electron chi connectivity index (χ0n) is 21.2. The van der Waals surface area contributed by atoms with Crippen molar-refractivity contribution in [1.29, 1.82) is 0 Å². The maximum atomic E-state index is 13.8. The number of aliphatic imine (C=N–C) groups is 1. The molecule has 0 spiro atoms. The molecule has 2 amide bonds. The van der Waals surface area contributed by atoms with Crippen molar-refractivity contribution in [3.05, 3.63) is 86.6 Å².